The lowest BCUT2D eigenvalue weighted by molar-refractivity contribution is 0.0696. The number of carboxylic acids is 1. The molecule has 0 atom stereocenters. The third kappa shape index (κ3) is 2.73. The van der Waals surface area contributed by atoms with Crippen LogP contribution in [0.2, 0.25) is 0 Å². The zero-order chi connectivity index (χ0) is 10.4. The maximum atomic E-state index is 10.8. The molecule has 1 aromatic carbocycles. The van der Waals surface area contributed by atoms with Gasteiger partial charge < -0.3 is 5.11 Å². The van der Waals surface area contributed by atoms with Crippen LogP contribution in [0.1, 0.15) is 35.7 Å². The fourth-order valence-corrected chi connectivity index (χ4v) is 1.21. The van der Waals surface area contributed by atoms with Gasteiger partial charge in [0.25, 0.3) is 0 Å². The second kappa shape index (κ2) is 5.22. The normalized spacial score (nSPS) is 10.6. The molecule has 0 aliphatic heterocycles. The van der Waals surface area contributed by atoms with Crippen molar-refractivity contribution in [3.8, 4) is 0 Å². The summed E-state index contributed by atoms with van der Waals surface area (Å²) in [6.07, 6.45) is 5.93. The molecule has 0 aliphatic rings. The lowest BCUT2D eigenvalue weighted by Crippen LogP contribution is -1.98. The van der Waals surface area contributed by atoms with Crippen LogP contribution in [0.15, 0.2) is 30.3 Å². The predicted octanol–water partition coefficient (Wildman–Crippen LogP) is 3.20. The molecule has 0 saturated heterocycles. The van der Waals surface area contributed by atoms with Crippen LogP contribution in [0.25, 0.3) is 6.08 Å². The Labute approximate surface area is 83.9 Å². The molecule has 0 radical (unpaired) electrons. The Kier molecular flexibility index (Phi) is 3.92. The molecule has 0 saturated carbocycles. The molecule has 0 unspecified atom stereocenters. The second-order valence-corrected chi connectivity index (χ2v) is 3.08. The first-order chi connectivity index (χ1) is 6.75. The first-order valence-corrected chi connectivity index (χ1v) is 4.74. The number of rotatable bonds is 4. The summed E-state index contributed by atoms with van der Waals surface area (Å²) in [5.74, 6) is -0.873. The molecule has 0 spiro atoms. The highest BCUT2D eigenvalue weighted by molar-refractivity contribution is 5.92. The topological polar surface area (TPSA) is 37.3 Å². The Hall–Kier alpha value is -1.57. The van der Waals surface area contributed by atoms with Gasteiger partial charge in [0.2, 0.25) is 0 Å². The van der Waals surface area contributed by atoms with E-state index in [0.717, 1.165) is 18.4 Å². The standard InChI is InChI=1S/C12H14O2/c1-2-3-4-7-10-8-5-6-9-11(10)12(13)14/h4-9H,2-3H2,1H3,(H,13,14). The molecule has 1 rings (SSSR count). The van der Waals surface area contributed by atoms with E-state index in [1.54, 1.807) is 12.1 Å². The smallest absolute Gasteiger partial charge is 0.336 e. The largest absolute Gasteiger partial charge is 0.478 e. The van der Waals surface area contributed by atoms with Crippen LogP contribution >= 0.6 is 0 Å². The van der Waals surface area contributed by atoms with Gasteiger partial charge in [0.15, 0.2) is 0 Å². The monoisotopic (exact) mass is 190 g/mol. The SMILES string of the molecule is CCCC=Cc1ccccc1C(=O)O. The molecule has 0 bridgehead atoms. The lowest BCUT2D eigenvalue weighted by Gasteiger charge is -1.99. The number of benzene rings is 1. The van der Waals surface area contributed by atoms with Gasteiger partial charge in [0, 0.05) is 0 Å². The molecule has 2 heteroatoms. The van der Waals surface area contributed by atoms with Gasteiger partial charge in [-0.2, -0.15) is 0 Å². The van der Waals surface area contributed by atoms with Crippen molar-refractivity contribution in [2.45, 2.75) is 19.8 Å². The number of carbonyl (C=O) groups is 1. The van der Waals surface area contributed by atoms with Crippen molar-refractivity contribution in [3.63, 3.8) is 0 Å². The molecular formula is C12H14O2. The highest BCUT2D eigenvalue weighted by Gasteiger charge is 2.05. The molecule has 2 nitrogen and oxygen atoms in total. The average molecular weight is 190 g/mol. The van der Waals surface area contributed by atoms with Gasteiger partial charge in [0.05, 0.1) is 5.56 Å². The zero-order valence-electron chi connectivity index (χ0n) is 8.23. The number of aromatic carboxylic acids is 1. The van der Waals surface area contributed by atoms with Crippen molar-refractivity contribution in [3.05, 3.63) is 41.5 Å². The van der Waals surface area contributed by atoms with E-state index in [1.807, 2.05) is 24.3 Å². The quantitative estimate of drug-likeness (QED) is 0.791. The lowest BCUT2D eigenvalue weighted by atomic mass is 10.1. The molecule has 0 amide bonds. The number of allylic oxidation sites excluding steroid dienone is 1. The van der Waals surface area contributed by atoms with E-state index in [0.29, 0.717) is 5.56 Å². The molecule has 0 aliphatic carbocycles. The third-order valence-corrected chi connectivity index (χ3v) is 1.94. The number of hydrogen-bond donors (Lipinski definition) is 1. The van der Waals surface area contributed by atoms with Crippen LogP contribution < -0.4 is 0 Å². The molecule has 14 heavy (non-hydrogen) atoms. The van der Waals surface area contributed by atoms with Gasteiger partial charge in [0.1, 0.15) is 0 Å². The summed E-state index contributed by atoms with van der Waals surface area (Å²) in [4.78, 5) is 10.8. The second-order valence-electron chi connectivity index (χ2n) is 3.08. The molecule has 0 heterocycles. The Morgan fingerprint density at radius 2 is 2.14 bits per heavy atom. The molecular weight excluding hydrogens is 176 g/mol. The average Bonchev–Trinajstić information content (AvgIpc) is 2.19. The van der Waals surface area contributed by atoms with E-state index in [1.165, 1.54) is 0 Å². The van der Waals surface area contributed by atoms with Crippen molar-refractivity contribution >= 4 is 12.0 Å². The van der Waals surface area contributed by atoms with Crippen molar-refractivity contribution < 1.29 is 9.90 Å². The minimum atomic E-state index is -0.873. The van der Waals surface area contributed by atoms with E-state index in [2.05, 4.69) is 6.92 Å². The van der Waals surface area contributed by atoms with E-state index < -0.39 is 5.97 Å². The van der Waals surface area contributed by atoms with Crippen LogP contribution in [-0.2, 0) is 0 Å². The Morgan fingerprint density at radius 1 is 1.43 bits per heavy atom. The van der Waals surface area contributed by atoms with Gasteiger partial charge in [-0.3, -0.25) is 0 Å². The van der Waals surface area contributed by atoms with Gasteiger partial charge in [-0.15, -0.1) is 0 Å². The van der Waals surface area contributed by atoms with Gasteiger partial charge in [-0.1, -0.05) is 43.7 Å². The Balaban J connectivity index is 2.90. The molecule has 74 valence electrons. The van der Waals surface area contributed by atoms with Crippen molar-refractivity contribution in [2.75, 3.05) is 0 Å². The summed E-state index contributed by atoms with van der Waals surface area (Å²) >= 11 is 0. The van der Waals surface area contributed by atoms with Gasteiger partial charge in [-0.05, 0) is 18.1 Å². The molecule has 0 aromatic heterocycles. The zero-order valence-corrected chi connectivity index (χ0v) is 8.23. The van der Waals surface area contributed by atoms with Crippen molar-refractivity contribution in [1.82, 2.24) is 0 Å². The summed E-state index contributed by atoms with van der Waals surface area (Å²) in [6, 6.07) is 7.02. The van der Waals surface area contributed by atoms with Crippen molar-refractivity contribution in [1.29, 1.82) is 0 Å². The van der Waals surface area contributed by atoms with Gasteiger partial charge >= 0.3 is 5.97 Å². The Bertz CT molecular complexity index is 340. The minimum Gasteiger partial charge on any atom is -0.478 e. The van der Waals surface area contributed by atoms with E-state index >= 15 is 0 Å². The highest BCUT2D eigenvalue weighted by atomic mass is 16.4. The first kappa shape index (κ1) is 10.5. The van der Waals surface area contributed by atoms with Crippen molar-refractivity contribution in [2.24, 2.45) is 0 Å². The van der Waals surface area contributed by atoms with Crippen LogP contribution in [0.4, 0.5) is 0 Å². The van der Waals surface area contributed by atoms with Crippen LogP contribution in [0, 0.1) is 0 Å². The van der Waals surface area contributed by atoms with E-state index in [4.69, 9.17) is 5.11 Å². The summed E-state index contributed by atoms with van der Waals surface area (Å²) in [6.45, 7) is 2.09. The molecule has 1 N–H and O–H groups in total. The number of unbranched alkanes of at least 4 members (excludes halogenated alkanes) is 1. The maximum Gasteiger partial charge on any atom is 0.336 e. The van der Waals surface area contributed by atoms with Gasteiger partial charge in [-0.25, -0.2) is 4.79 Å². The Morgan fingerprint density at radius 3 is 2.79 bits per heavy atom. The van der Waals surface area contributed by atoms with Crippen LogP contribution in [0.3, 0.4) is 0 Å². The van der Waals surface area contributed by atoms with Crippen LogP contribution in [-0.4, -0.2) is 11.1 Å². The van der Waals surface area contributed by atoms with E-state index in [-0.39, 0.29) is 0 Å². The number of carboxylic acid groups (broad SMARTS) is 1. The molecule has 1 aromatic rings. The third-order valence-electron chi connectivity index (χ3n) is 1.94. The summed E-state index contributed by atoms with van der Waals surface area (Å²) in [5.41, 5.74) is 1.13. The fraction of sp³-hybridized carbons (Fsp3) is 0.250. The molecule has 0 fully saturated rings. The fourth-order valence-electron chi connectivity index (χ4n) is 1.21. The summed E-state index contributed by atoms with van der Waals surface area (Å²) < 4.78 is 0. The predicted molar refractivity (Wildman–Crippen MR) is 57.3 cm³/mol. The summed E-state index contributed by atoms with van der Waals surface area (Å²) in [5, 5.41) is 8.89. The highest BCUT2D eigenvalue weighted by Crippen LogP contribution is 2.11. The van der Waals surface area contributed by atoms with E-state index in [9.17, 15) is 4.79 Å². The number of hydrogen-bond acceptors (Lipinski definition) is 1. The maximum absolute atomic E-state index is 10.8. The first-order valence-electron chi connectivity index (χ1n) is 4.74. The summed E-state index contributed by atoms with van der Waals surface area (Å²) in [7, 11) is 0. The minimum absolute atomic E-state index is 0.361. The van der Waals surface area contributed by atoms with Crippen LogP contribution in [0.5, 0.6) is 0 Å².